The van der Waals surface area contributed by atoms with Crippen LogP contribution in [0.2, 0.25) is 5.15 Å². The average molecular weight is 288 g/mol. The molecule has 5 nitrogen and oxygen atoms in total. The van der Waals surface area contributed by atoms with Gasteiger partial charge in [-0.3, -0.25) is 4.79 Å². The summed E-state index contributed by atoms with van der Waals surface area (Å²) in [5.41, 5.74) is 1.45. The second-order valence-corrected chi connectivity index (χ2v) is 4.25. The minimum Gasteiger partial charge on any atom is -0.481 e. The van der Waals surface area contributed by atoms with Crippen LogP contribution in [0.4, 0.5) is 5.69 Å². The van der Waals surface area contributed by atoms with E-state index in [4.69, 9.17) is 21.6 Å². The molecule has 0 saturated heterocycles. The number of rotatable bonds is 3. The molecule has 0 saturated carbocycles. The van der Waals surface area contributed by atoms with Crippen molar-refractivity contribution in [3.63, 3.8) is 0 Å². The molecule has 0 aliphatic heterocycles. The predicted molar refractivity (Wildman–Crippen MR) is 74.9 cm³/mol. The molecule has 1 N–H and O–H groups in total. The fourth-order valence-corrected chi connectivity index (χ4v) is 1.74. The molecule has 100 valence electrons. The Balaban J connectivity index is 2.19. The zero-order valence-corrected chi connectivity index (χ0v) is 11.3. The average Bonchev–Trinajstić information content (AvgIpc) is 2.47. The van der Waals surface area contributed by atoms with Crippen LogP contribution in [0.25, 0.3) is 0 Å². The zero-order valence-electron chi connectivity index (χ0n) is 10.6. The molecule has 0 spiro atoms. The van der Waals surface area contributed by atoms with Crippen molar-refractivity contribution >= 4 is 23.2 Å². The highest BCUT2D eigenvalue weighted by atomic mass is 35.5. The number of pyridine rings is 1. The van der Waals surface area contributed by atoms with Crippen LogP contribution in [-0.4, -0.2) is 18.0 Å². The first-order valence-corrected chi connectivity index (χ1v) is 6.03. The lowest BCUT2D eigenvalue weighted by molar-refractivity contribution is 0.102. The van der Waals surface area contributed by atoms with Crippen molar-refractivity contribution in [2.45, 2.75) is 0 Å². The summed E-state index contributed by atoms with van der Waals surface area (Å²) in [5, 5.41) is 11.6. The van der Waals surface area contributed by atoms with E-state index >= 15 is 0 Å². The van der Waals surface area contributed by atoms with Gasteiger partial charge in [-0.2, -0.15) is 5.26 Å². The maximum atomic E-state index is 12.1. The van der Waals surface area contributed by atoms with Gasteiger partial charge in [0.25, 0.3) is 5.91 Å². The SMILES string of the molecule is COc1cc(C(=O)Nc2ccc(C#N)cc2)cc(Cl)n1. The quantitative estimate of drug-likeness (QED) is 0.881. The van der Waals surface area contributed by atoms with Gasteiger partial charge in [0.1, 0.15) is 5.15 Å². The lowest BCUT2D eigenvalue weighted by atomic mass is 10.2. The number of benzene rings is 1. The Bertz CT molecular complexity index is 678. The van der Waals surface area contributed by atoms with E-state index in [0.29, 0.717) is 16.8 Å². The minimum atomic E-state index is -0.336. The van der Waals surface area contributed by atoms with Gasteiger partial charge in [0, 0.05) is 17.3 Å². The summed E-state index contributed by atoms with van der Waals surface area (Å²) in [6.07, 6.45) is 0. The van der Waals surface area contributed by atoms with E-state index in [1.165, 1.54) is 19.2 Å². The Labute approximate surface area is 120 Å². The van der Waals surface area contributed by atoms with Crippen molar-refractivity contribution < 1.29 is 9.53 Å². The van der Waals surface area contributed by atoms with Crippen LogP contribution in [0.5, 0.6) is 5.88 Å². The van der Waals surface area contributed by atoms with Gasteiger partial charge in [0.05, 0.1) is 18.7 Å². The molecule has 6 heteroatoms. The van der Waals surface area contributed by atoms with E-state index in [2.05, 4.69) is 10.3 Å². The molecule has 1 aromatic carbocycles. The number of hydrogen-bond donors (Lipinski definition) is 1. The van der Waals surface area contributed by atoms with Crippen molar-refractivity contribution in [1.29, 1.82) is 5.26 Å². The molecule has 0 aliphatic rings. The predicted octanol–water partition coefficient (Wildman–Crippen LogP) is 2.87. The van der Waals surface area contributed by atoms with E-state index < -0.39 is 0 Å². The summed E-state index contributed by atoms with van der Waals surface area (Å²) in [6, 6.07) is 11.5. The van der Waals surface area contributed by atoms with E-state index in [1.54, 1.807) is 24.3 Å². The van der Waals surface area contributed by atoms with Crippen LogP contribution in [0, 0.1) is 11.3 Å². The van der Waals surface area contributed by atoms with E-state index in [0.717, 1.165) is 0 Å². The molecule has 0 unspecified atom stereocenters. The van der Waals surface area contributed by atoms with E-state index in [-0.39, 0.29) is 16.9 Å². The van der Waals surface area contributed by atoms with E-state index in [1.807, 2.05) is 6.07 Å². The monoisotopic (exact) mass is 287 g/mol. The molecule has 2 rings (SSSR count). The number of hydrogen-bond acceptors (Lipinski definition) is 4. The highest BCUT2D eigenvalue weighted by molar-refractivity contribution is 6.30. The molecule has 0 radical (unpaired) electrons. The third-order valence-electron chi connectivity index (χ3n) is 2.51. The largest absolute Gasteiger partial charge is 0.481 e. The van der Waals surface area contributed by atoms with Gasteiger partial charge >= 0.3 is 0 Å². The summed E-state index contributed by atoms with van der Waals surface area (Å²) in [6.45, 7) is 0. The zero-order chi connectivity index (χ0) is 14.5. The van der Waals surface area contributed by atoms with Crippen LogP contribution in [0.1, 0.15) is 15.9 Å². The molecular weight excluding hydrogens is 278 g/mol. The Morgan fingerprint density at radius 2 is 2.05 bits per heavy atom. The number of anilines is 1. The molecule has 0 bridgehead atoms. The fraction of sp³-hybridized carbons (Fsp3) is 0.0714. The van der Waals surface area contributed by atoms with Gasteiger partial charge < -0.3 is 10.1 Å². The molecule has 2 aromatic rings. The molecule has 1 amide bonds. The number of methoxy groups -OCH3 is 1. The van der Waals surface area contributed by atoms with Crippen LogP contribution in [-0.2, 0) is 0 Å². The Morgan fingerprint density at radius 3 is 2.65 bits per heavy atom. The first-order chi connectivity index (χ1) is 9.62. The highest BCUT2D eigenvalue weighted by Crippen LogP contribution is 2.17. The van der Waals surface area contributed by atoms with Gasteiger partial charge in [0.15, 0.2) is 0 Å². The lowest BCUT2D eigenvalue weighted by Gasteiger charge is -2.07. The molecule has 0 atom stereocenters. The first-order valence-electron chi connectivity index (χ1n) is 5.65. The highest BCUT2D eigenvalue weighted by Gasteiger charge is 2.10. The number of amides is 1. The maximum absolute atomic E-state index is 12.1. The van der Waals surface area contributed by atoms with Crippen LogP contribution in [0.3, 0.4) is 0 Å². The summed E-state index contributed by atoms with van der Waals surface area (Å²) in [5.74, 6) is -0.0696. The number of carbonyl (C=O) groups excluding carboxylic acids is 1. The number of nitriles is 1. The fourth-order valence-electron chi connectivity index (χ4n) is 1.54. The van der Waals surface area contributed by atoms with Crippen molar-refractivity contribution in [3.8, 4) is 11.9 Å². The van der Waals surface area contributed by atoms with Crippen LogP contribution >= 0.6 is 11.6 Å². The van der Waals surface area contributed by atoms with E-state index in [9.17, 15) is 4.79 Å². The normalized spacial score (nSPS) is 9.65. The number of halogens is 1. The topological polar surface area (TPSA) is 75.0 Å². The standard InChI is InChI=1S/C14H10ClN3O2/c1-20-13-7-10(6-12(15)18-13)14(19)17-11-4-2-9(8-16)3-5-11/h2-7H,1H3,(H,17,19). The summed E-state index contributed by atoms with van der Waals surface area (Å²) >= 11 is 5.81. The third kappa shape index (κ3) is 3.25. The van der Waals surface area contributed by atoms with Gasteiger partial charge in [0.2, 0.25) is 5.88 Å². The Kier molecular flexibility index (Phi) is 4.18. The maximum Gasteiger partial charge on any atom is 0.255 e. The summed E-state index contributed by atoms with van der Waals surface area (Å²) < 4.78 is 4.95. The Morgan fingerprint density at radius 1 is 1.35 bits per heavy atom. The molecule has 1 aromatic heterocycles. The van der Waals surface area contributed by atoms with Crippen molar-refractivity contribution in [2.75, 3.05) is 12.4 Å². The van der Waals surface area contributed by atoms with Gasteiger partial charge in [-0.15, -0.1) is 0 Å². The molecule has 1 heterocycles. The van der Waals surface area contributed by atoms with Gasteiger partial charge in [-0.25, -0.2) is 4.98 Å². The second-order valence-electron chi connectivity index (χ2n) is 3.86. The lowest BCUT2D eigenvalue weighted by Crippen LogP contribution is -2.12. The smallest absolute Gasteiger partial charge is 0.255 e. The van der Waals surface area contributed by atoms with Gasteiger partial charge in [-0.1, -0.05) is 11.6 Å². The Hall–Kier alpha value is -2.58. The molecule has 0 aliphatic carbocycles. The van der Waals surface area contributed by atoms with Crippen molar-refractivity contribution in [3.05, 3.63) is 52.7 Å². The minimum absolute atomic E-state index is 0.175. The third-order valence-corrected chi connectivity index (χ3v) is 2.71. The number of carbonyl (C=O) groups is 1. The van der Waals surface area contributed by atoms with Crippen LogP contribution in [0.15, 0.2) is 36.4 Å². The molecule has 20 heavy (non-hydrogen) atoms. The number of aromatic nitrogens is 1. The number of nitrogens with one attached hydrogen (secondary N) is 1. The van der Waals surface area contributed by atoms with Crippen LogP contribution < -0.4 is 10.1 Å². The number of nitrogens with zero attached hydrogens (tertiary/aromatic N) is 2. The van der Waals surface area contributed by atoms with Crippen molar-refractivity contribution in [1.82, 2.24) is 4.98 Å². The second kappa shape index (κ2) is 6.04. The number of ether oxygens (including phenoxy) is 1. The molecule has 0 fully saturated rings. The first kappa shape index (κ1) is 13.8. The summed E-state index contributed by atoms with van der Waals surface area (Å²) in [7, 11) is 1.45. The summed E-state index contributed by atoms with van der Waals surface area (Å²) in [4.78, 5) is 16.0. The van der Waals surface area contributed by atoms with Gasteiger partial charge in [-0.05, 0) is 30.3 Å². The van der Waals surface area contributed by atoms with Crippen molar-refractivity contribution in [2.24, 2.45) is 0 Å². The molecular formula is C14H10ClN3O2.